The van der Waals surface area contributed by atoms with Gasteiger partial charge in [0.2, 0.25) is 0 Å². The molecule has 19 heavy (non-hydrogen) atoms. The van der Waals surface area contributed by atoms with E-state index in [2.05, 4.69) is 34.1 Å². The van der Waals surface area contributed by atoms with Crippen molar-refractivity contribution in [2.75, 3.05) is 12.3 Å². The van der Waals surface area contributed by atoms with Gasteiger partial charge in [0.1, 0.15) is 0 Å². The Labute approximate surface area is 114 Å². The molecule has 1 aliphatic heterocycles. The van der Waals surface area contributed by atoms with E-state index in [0.29, 0.717) is 6.04 Å². The Morgan fingerprint density at radius 3 is 2.84 bits per heavy atom. The molecule has 1 unspecified atom stereocenters. The van der Waals surface area contributed by atoms with Crippen LogP contribution in [0.15, 0.2) is 48.8 Å². The Kier molecular flexibility index (Phi) is 3.47. The zero-order chi connectivity index (χ0) is 13.1. The number of nitrogens with zero attached hydrogens (tertiary/aromatic N) is 2. The average molecular weight is 253 g/mol. The fraction of sp³-hybridized carbons (Fsp3) is 0.312. The molecule has 1 atom stereocenters. The number of pyridine rings is 1. The van der Waals surface area contributed by atoms with Crippen LogP contribution in [0.5, 0.6) is 0 Å². The van der Waals surface area contributed by atoms with E-state index in [-0.39, 0.29) is 0 Å². The highest BCUT2D eigenvalue weighted by molar-refractivity contribution is 5.40. The Morgan fingerprint density at radius 1 is 1.21 bits per heavy atom. The second-order valence-corrected chi connectivity index (χ2v) is 5.15. The van der Waals surface area contributed by atoms with Gasteiger partial charge in [-0.2, -0.15) is 0 Å². The van der Waals surface area contributed by atoms with E-state index in [9.17, 15) is 0 Å². The zero-order valence-corrected chi connectivity index (χ0v) is 11.0. The lowest BCUT2D eigenvalue weighted by Gasteiger charge is -2.24. The number of nitrogens with two attached hydrogens (primary N) is 1. The quantitative estimate of drug-likeness (QED) is 0.855. The minimum Gasteiger partial charge on any atom is -0.399 e. The number of hydrogen-bond donors (Lipinski definition) is 1. The van der Waals surface area contributed by atoms with E-state index in [0.717, 1.165) is 18.8 Å². The van der Waals surface area contributed by atoms with E-state index < -0.39 is 0 Å². The van der Waals surface area contributed by atoms with Gasteiger partial charge in [0.25, 0.3) is 0 Å². The van der Waals surface area contributed by atoms with Crippen LogP contribution in [-0.2, 0) is 6.54 Å². The van der Waals surface area contributed by atoms with Crippen LogP contribution in [0.25, 0.3) is 0 Å². The second kappa shape index (κ2) is 5.41. The van der Waals surface area contributed by atoms with Crippen LogP contribution in [0.3, 0.4) is 0 Å². The summed E-state index contributed by atoms with van der Waals surface area (Å²) < 4.78 is 0. The van der Waals surface area contributed by atoms with E-state index in [1.54, 1.807) is 0 Å². The van der Waals surface area contributed by atoms with E-state index in [1.165, 1.54) is 24.0 Å². The topological polar surface area (TPSA) is 42.1 Å². The van der Waals surface area contributed by atoms with Crippen LogP contribution < -0.4 is 5.73 Å². The van der Waals surface area contributed by atoms with Gasteiger partial charge in [0, 0.05) is 30.7 Å². The van der Waals surface area contributed by atoms with Crippen molar-refractivity contribution in [2.45, 2.75) is 25.4 Å². The minimum atomic E-state index is 0.518. The third-order valence-electron chi connectivity index (χ3n) is 3.79. The van der Waals surface area contributed by atoms with E-state index in [1.807, 2.05) is 24.5 Å². The molecule has 2 aromatic rings. The number of benzene rings is 1. The summed E-state index contributed by atoms with van der Waals surface area (Å²) in [5.41, 5.74) is 9.36. The van der Waals surface area contributed by atoms with Gasteiger partial charge < -0.3 is 5.73 Å². The summed E-state index contributed by atoms with van der Waals surface area (Å²) in [7, 11) is 0. The Hall–Kier alpha value is -1.87. The first-order valence-electron chi connectivity index (χ1n) is 6.81. The molecule has 0 spiro atoms. The Balaban J connectivity index is 1.77. The monoisotopic (exact) mass is 253 g/mol. The molecule has 2 N–H and O–H groups in total. The lowest BCUT2D eigenvalue weighted by molar-refractivity contribution is 0.248. The molecule has 98 valence electrons. The average Bonchev–Trinajstić information content (AvgIpc) is 2.88. The third kappa shape index (κ3) is 2.76. The summed E-state index contributed by atoms with van der Waals surface area (Å²) >= 11 is 0. The molecule has 2 heterocycles. The maximum Gasteiger partial charge on any atom is 0.0353 e. The van der Waals surface area contributed by atoms with Crippen molar-refractivity contribution in [3.63, 3.8) is 0 Å². The van der Waals surface area contributed by atoms with Crippen LogP contribution in [0.4, 0.5) is 5.69 Å². The molecule has 1 aromatic carbocycles. The van der Waals surface area contributed by atoms with Crippen LogP contribution in [-0.4, -0.2) is 16.4 Å². The maximum absolute atomic E-state index is 5.85. The predicted molar refractivity (Wildman–Crippen MR) is 77.5 cm³/mol. The lowest BCUT2D eigenvalue weighted by Crippen LogP contribution is -2.22. The summed E-state index contributed by atoms with van der Waals surface area (Å²) in [5, 5.41) is 0. The molecule has 1 fully saturated rings. The van der Waals surface area contributed by atoms with Crippen LogP contribution >= 0.6 is 0 Å². The van der Waals surface area contributed by atoms with Gasteiger partial charge in [-0.1, -0.05) is 12.1 Å². The molecular weight excluding hydrogens is 234 g/mol. The first-order chi connectivity index (χ1) is 9.33. The predicted octanol–water partition coefficient (Wildman–Crippen LogP) is 3.00. The second-order valence-electron chi connectivity index (χ2n) is 5.15. The van der Waals surface area contributed by atoms with Gasteiger partial charge in [0.05, 0.1) is 0 Å². The minimum absolute atomic E-state index is 0.518. The first kappa shape index (κ1) is 12.2. The van der Waals surface area contributed by atoms with Crippen LogP contribution in [0, 0.1) is 0 Å². The number of nitrogen functional groups attached to an aromatic ring is 1. The van der Waals surface area contributed by atoms with E-state index >= 15 is 0 Å². The molecule has 0 radical (unpaired) electrons. The van der Waals surface area contributed by atoms with Crippen molar-refractivity contribution in [1.82, 2.24) is 9.88 Å². The number of anilines is 1. The number of aromatic nitrogens is 1. The summed E-state index contributed by atoms with van der Waals surface area (Å²) in [6, 6.07) is 13.0. The lowest BCUT2D eigenvalue weighted by atomic mass is 10.1. The molecule has 0 saturated carbocycles. The van der Waals surface area contributed by atoms with Gasteiger partial charge in [0.15, 0.2) is 0 Å². The summed E-state index contributed by atoms with van der Waals surface area (Å²) in [6.07, 6.45) is 6.25. The molecule has 0 amide bonds. The molecule has 1 aromatic heterocycles. The molecule has 1 saturated heterocycles. The smallest absolute Gasteiger partial charge is 0.0353 e. The van der Waals surface area contributed by atoms with Gasteiger partial charge >= 0.3 is 0 Å². The van der Waals surface area contributed by atoms with Crippen molar-refractivity contribution in [3.8, 4) is 0 Å². The van der Waals surface area contributed by atoms with E-state index in [4.69, 9.17) is 5.73 Å². The van der Waals surface area contributed by atoms with Crippen LogP contribution in [0.1, 0.15) is 30.0 Å². The maximum atomic E-state index is 5.85. The SMILES string of the molecule is Nc1cccc(CN2CCCC2c2ccncc2)c1. The van der Waals surface area contributed by atoms with Crippen molar-refractivity contribution in [1.29, 1.82) is 0 Å². The van der Waals surface area contributed by atoms with Crippen molar-refractivity contribution < 1.29 is 0 Å². The molecule has 3 nitrogen and oxygen atoms in total. The summed E-state index contributed by atoms with van der Waals surface area (Å²) in [5.74, 6) is 0. The molecule has 3 heteroatoms. The first-order valence-corrected chi connectivity index (χ1v) is 6.81. The fourth-order valence-corrected chi connectivity index (χ4v) is 2.90. The number of rotatable bonds is 3. The highest BCUT2D eigenvalue weighted by Gasteiger charge is 2.25. The molecule has 3 rings (SSSR count). The number of likely N-dealkylation sites (tertiary alicyclic amines) is 1. The van der Waals surface area contributed by atoms with Gasteiger partial charge in [-0.25, -0.2) is 0 Å². The zero-order valence-electron chi connectivity index (χ0n) is 11.0. The fourth-order valence-electron chi connectivity index (χ4n) is 2.90. The van der Waals surface area contributed by atoms with Crippen molar-refractivity contribution in [3.05, 3.63) is 59.9 Å². The Bertz CT molecular complexity index is 539. The van der Waals surface area contributed by atoms with Gasteiger partial charge in [-0.3, -0.25) is 9.88 Å². The van der Waals surface area contributed by atoms with Crippen molar-refractivity contribution in [2.24, 2.45) is 0 Å². The standard InChI is InChI=1S/C16H19N3/c17-15-4-1-3-13(11-15)12-19-10-2-5-16(19)14-6-8-18-9-7-14/h1,3-4,6-9,11,16H,2,5,10,12,17H2. The summed E-state index contributed by atoms with van der Waals surface area (Å²) in [4.78, 5) is 6.63. The molecule has 0 bridgehead atoms. The molecule has 0 aliphatic carbocycles. The van der Waals surface area contributed by atoms with Crippen molar-refractivity contribution >= 4 is 5.69 Å². The normalized spacial score (nSPS) is 19.7. The van der Waals surface area contributed by atoms with Gasteiger partial charge in [-0.15, -0.1) is 0 Å². The van der Waals surface area contributed by atoms with Gasteiger partial charge in [-0.05, 0) is 54.8 Å². The number of hydrogen-bond acceptors (Lipinski definition) is 3. The molecular formula is C16H19N3. The highest BCUT2D eigenvalue weighted by Crippen LogP contribution is 2.32. The third-order valence-corrected chi connectivity index (χ3v) is 3.79. The highest BCUT2D eigenvalue weighted by atomic mass is 15.2. The Morgan fingerprint density at radius 2 is 2.05 bits per heavy atom. The largest absolute Gasteiger partial charge is 0.399 e. The summed E-state index contributed by atoms with van der Waals surface area (Å²) in [6.45, 7) is 2.12. The van der Waals surface area contributed by atoms with Crippen LogP contribution in [0.2, 0.25) is 0 Å². The molecule has 1 aliphatic rings.